The molecule has 0 atom stereocenters. The van der Waals surface area contributed by atoms with Gasteiger partial charge in [0, 0.05) is 23.7 Å². The third kappa shape index (κ3) is 4.71. The lowest BCUT2D eigenvalue weighted by Crippen LogP contribution is -2.04. The van der Waals surface area contributed by atoms with E-state index in [4.69, 9.17) is 11.6 Å². The molecule has 3 rings (SSSR count). The summed E-state index contributed by atoms with van der Waals surface area (Å²) in [5.74, 6) is 1.36. The summed E-state index contributed by atoms with van der Waals surface area (Å²) in [6.07, 6.45) is 2.51. The maximum atomic E-state index is 13.0. The number of rotatable bonds is 7. The van der Waals surface area contributed by atoms with Crippen molar-refractivity contribution in [3.05, 3.63) is 89.0 Å². The van der Waals surface area contributed by atoms with Crippen molar-refractivity contribution in [3.8, 4) is 0 Å². The summed E-state index contributed by atoms with van der Waals surface area (Å²) in [6, 6.07) is 14.2. The van der Waals surface area contributed by atoms with Crippen LogP contribution in [0.1, 0.15) is 17.0 Å². The fourth-order valence-electron chi connectivity index (χ4n) is 2.38. The Labute approximate surface area is 155 Å². The Morgan fingerprint density at radius 3 is 2.40 bits per heavy atom. The Balaban J connectivity index is 1.75. The predicted octanol–water partition coefficient (Wildman–Crippen LogP) is 5.14. The predicted molar refractivity (Wildman–Crippen MR) is 100 cm³/mol. The lowest BCUT2D eigenvalue weighted by molar-refractivity contribution is 0.627. The molecule has 0 saturated carbocycles. The summed E-state index contributed by atoms with van der Waals surface area (Å²) in [5, 5.41) is 10.2. The molecule has 1 heterocycles. The highest BCUT2D eigenvalue weighted by Gasteiger charge is 2.12. The number of halogens is 2. The van der Waals surface area contributed by atoms with Crippen molar-refractivity contribution in [2.75, 3.05) is 0 Å². The summed E-state index contributed by atoms with van der Waals surface area (Å²) in [4.78, 5) is 0. The van der Waals surface area contributed by atoms with Gasteiger partial charge in [0.15, 0.2) is 5.16 Å². The van der Waals surface area contributed by atoms with Crippen LogP contribution in [0.3, 0.4) is 0 Å². The SMILES string of the molecule is C=CCn1c(Cc2ccc(Cl)cc2)nnc1SCc1ccc(F)cc1. The molecule has 0 aliphatic heterocycles. The highest BCUT2D eigenvalue weighted by atomic mass is 35.5. The van der Waals surface area contributed by atoms with Crippen molar-refractivity contribution < 1.29 is 4.39 Å². The van der Waals surface area contributed by atoms with E-state index < -0.39 is 0 Å². The maximum Gasteiger partial charge on any atom is 0.191 e. The maximum absolute atomic E-state index is 13.0. The van der Waals surface area contributed by atoms with Gasteiger partial charge in [0.2, 0.25) is 0 Å². The standard InChI is InChI=1S/C19H17ClFN3S/c1-2-11-24-18(12-14-3-7-16(20)8-4-14)22-23-19(24)25-13-15-5-9-17(21)10-6-15/h2-10H,1,11-13H2. The Morgan fingerprint density at radius 1 is 1.04 bits per heavy atom. The van der Waals surface area contributed by atoms with E-state index in [1.807, 2.05) is 30.3 Å². The Hall–Kier alpha value is -2.11. The van der Waals surface area contributed by atoms with Gasteiger partial charge in [-0.2, -0.15) is 0 Å². The van der Waals surface area contributed by atoms with Crippen molar-refractivity contribution in [2.45, 2.75) is 23.9 Å². The van der Waals surface area contributed by atoms with E-state index in [1.165, 1.54) is 12.1 Å². The second-order valence-corrected chi connectivity index (χ2v) is 6.90. The second kappa shape index (κ2) is 8.32. The molecular formula is C19H17ClFN3S. The first-order chi connectivity index (χ1) is 12.2. The first-order valence-corrected chi connectivity index (χ1v) is 9.16. The molecule has 0 bridgehead atoms. The quantitative estimate of drug-likeness (QED) is 0.424. The largest absolute Gasteiger partial charge is 0.302 e. The molecule has 25 heavy (non-hydrogen) atoms. The first-order valence-electron chi connectivity index (χ1n) is 7.80. The van der Waals surface area contributed by atoms with Crippen LogP contribution >= 0.6 is 23.4 Å². The van der Waals surface area contributed by atoms with Gasteiger partial charge < -0.3 is 4.57 Å². The second-order valence-electron chi connectivity index (χ2n) is 5.52. The van der Waals surface area contributed by atoms with Crippen LogP contribution in [0.25, 0.3) is 0 Å². The molecule has 0 spiro atoms. The molecule has 2 aromatic carbocycles. The zero-order chi connectivity index (χ0) is 17.6. The van der Waals surface area contributed by atoms with Crippen LogP contribution in [0, 0.1) is 5.82 Å². The van der Waals surface area contributed by atoms with Crippen molar-refractivity contribution in [1.82, 2.24) is 14.8 Å². The van der Waals surface area contributed by atoms with Crippen LogP contribution in [0.15, 0.2) is 66.3 Å². The zero-order valence-electron chi connectivity index (χ0n) is 13.5. The first kappa shape index (κ1) is 17.7. The molecule has 0 aliphatic carbocycles. The van der Waals surface area contributed by atoms with Gasteiger partial charge in [-0.15, -0.1) is 16.8 Å². The average Bonchev–Trinajstić information content (AvgIpc) is 2.99. The Kier molecular flexibility index (Phi) is 5.89. The minimum Gasteiger partial charge on any atom is -0.302 e. The minimum absolute atomic E-state index is 0.228. The van der Waals surface area contributed by atoms with E-state index in [2.05, 4.69) is 21.3 Å². The van der Waals surface area contributed by atoms with Crippen LogP contribution in [-0.2, 0) is 18.7 Å². The van der Waals surface area contributed by atoms with Gasteiger partial charge in [-0.25, -0.2) is 4.39 Å². The summed E-state index contributed by atoms with van der Waals surface area (Å²) in [6.45, 7) is 4.46. The molecule has 0 unspecified atom stereocenters. The van der Waals surface area contributed by atoms with E-state index in [0.717, 1.165) is 22.1 Å². The van der Waals surface area contributed by atoms with Gasteiger partial charge in [-0.05, 0) is 35.4 Å². The lowest BCUT2D eigenvalue weighted by atomic mass is 10.1. The van der Waals surface area contributed by atoms with Crippen molar-refractivity contribution in [1.29, 1.82) is 0 Å². The average molecular weight is 374 g/mol. The summed E-state index contributed by atoms with van der Waals surface area (Å²) < 4.78 is 15.0. The number of hydrogen-bond donors (Lipinski definition) is 0. The van der Waals surface area contributed by atoms with Crippen LogP contribution in [0.5, 0.6) is 0 Å². The molecule has 6 heteroatoms. The third-order valence-electron chi connectivity index (χ3n) is 3.66. The smallest absolute Gasteiger partial charge is 0.191 e. The van der Waals surface area contributed by atoms with E-state index >= 15 is 0 Å². The number of hydrogen-bond acceptors (Lipinski definition) is 3. The molecule has 0 aliphatic rings. The highest BCUT2D eigenvalue weighted by molar-refractivity contribution is 7.98. The van der Waals surface area contributed by atoms with E-state index in [1.54, 1.807) is 23.9 Å². The van der Waals surface area contributed by atoms with Gasteiger partial charge in [-0.3, -0.25) is 0 Å². The normalized spacial score (nSPS) is 10.8. The molecule has 0 radical (unpaired) electrons. The fourth-order valence-corrected chi connectivity index (χ4v) is 3.43. The van der Waals surface area contributed by atoms with E-state index in [9.17, 15) is 4.39 Å². The third-order valence-corrected chi connectivity index (χ3v) is 4.95. The molecule has 0 fully saturated rings. The number of aromatic nitrogens is 3. The molecule has 0 N–H and O–H groups in total. The van der Waals surface area contributed by atoms with Gasteiger partial charge in [0.1, 0.15) is 11.6 Å². The van der Waals surface area contributed by atoms with Gasteiger partial charge in [0.05, 0.1) is 0 Å². The van der Waals surface area contributed by atoms with Gasteiger partial charge >= 0.3 is 0 Å². The van der Waals surface area contributed by atoms with Crippen molar-refractivity contribution in [3.63, 3.8) is 0 Å². The molecule has 0 saturated heterocycles. The summed E-state index contributed by atoms with van der Waals surface area (Å²) >= 11 is 7.51. The summed E-state index contributed by atoms with van der Waals surface area (Å²) in [5.41, 5.74) is 2.16. The lowest BCUT2D eigenvalue weighted by Gasteiger charge is -2.08. The fraction of sp³-hybridized carbons (Fsp3) is 0.158. The Bertz CT molecular complexity index is 844. The topological polar surface area (TPSA) is 30.7 Å². The zero-order valence-corrected chi connectivity index (χ0v) is 15.1. The highest BCUT2D eigenvalue weighted by Crippen LogP contribution is 2.23. The number of nitrogens with zero attached hydrogens (tertiary/aromatic N) is 3. The molecular weight excluding hydrogens is 357 g/mol. The monoisotopic (exact) mass is 373 g/mol. The number of thioether (sulfide) groups is 1. The molecule has 3 nitrogen and oxygen atoms in total. The van der Waals surface area contributed by atoms with Gasteiger partial charge in [-0.1, -0.05) is 53.7 Å². The molecule has 1 aromatic heterocycles. The van der Waals surface area contributed by atoms with Crippen LogP contribution in [0.4, 0.5) is 4.39 Å². The van der Waals surface area contributed by atoms with Crippen molar-refractivity contribution in [2.24, 2.45) is 0 Å². The number of benzene rings is 2. The Morgan fingerprint density at radius 2 is 1.72 bits per heavy atom. The van der Waals surface area contributed by atoms with Gasteiger partial charge in [0.25, 0.3) is 0 Å². The van der Waals surface area contributed by atoms with Crippen molar-refractivity contribution >= 4 is 23.4 Å². The van der Waals surface area contributed by atoms with Crippen LogP contribution < -0.4 is 0 Å². The molecule has 3 aromatic rings. The number of allylic oxidation sites excluding steroid dienone is 1. The molecule has 0 amide bonds. The summed E-state index contributed by atoms with van der Waals surface area (Å²) in [7, 11) is 0. The van der Waals surface area contributed by atoms with Crippen LogP contribution in [-0.4, -0.2) is 14.8 Å². The van der Waals surface area contributed by atoms with Crippen LogP contribution in [0.2, 0.25) is 5.02 Å². The minimum atomic E-state index is -0.228. The van der Waals surface area contributed by atoms with E-state index in [-0.39, 0.29) is 5.82 Å². The van der Waals surface area contributed by atoms with E-state index in [0.29, 0.717) is 23.7 Å². The molecule has 128 valence electrons.